The average Bonchev–Trinajstić information content (AvgIpc) is 3.53. The summed E-state index contributed by atoms with van der Waals surface area (Å²) in [5.41, 5.74) is 1.55. The van der Waals surface area contributed by atoms with Gasteiger partial charge in [-0.3, -0.25) is 23.9 Å². The van der Waals surface area contributed by atoms with Crippen molar-refractivity contribution in [1.29, 1.82) is 0 Å². The zero-order valence-electron chi connectivity index (χ0n) is 26.6. The number of carbonyl (C=O) groups excluding carboxylic acids is 4. The Morgan fingerprint density at radius 3 is 2.55 bits per heavy atom. The Morgan fingerprint density at radius 1 is 1.04 bits per heavy atom. The molecule has 4 atom stereocenters. The van der Waals surface area contributed by atoms with Crippen LogP contribution in [0.4, 0.5) is 0 Å². The van der Waals surface area contributed by atoms with Crippen molar-refractivity contribution in [2.24, 2.45) is 0 Å². The first kappa shape index (κ1) is 35.2. The number of nitrogens with zero attached hydrogens (tertiary/aromatic N) is 3. The second kappa shape index (κ2) is 17.3. The summed E-state index contributed by atoms with van der Waals surface area (Å²) in [6.45, 7) is 2.18. The molecule has 1 aliphatic heterocycles. The fourth-order valence-corrected chi connectivity index (χ4v) is 5.37. The van der Waals surface area contributed by atoms with Gasteiger partial charge in [0.1, 0.15) is 23.8 Å². The third-order valence-corrected chi connectivity index (χ3v) is 8.10. The number of aliphatic hydroxyl groups is 1. The molecule has 0 saturated carbocycles. The minimum absolute atomic E-state index is 0.0634. The first-order valence-corrected chi connectivity index (χ1v) is 16.7. The Balaban J connectivity index is 1.63. The molecule has 14 nitrogen and oxygen atoms in total. The SMILES string of the molecule is COc1ccc2cc1OCCCn1cc(nn1)CNC(=O)[C@@H](Cc1ccccc1)NC(=O)[C@H]([C@@H](C)O)NC(=O)[C@H](CCSC)NC2=O. The fourth-order valence-electron chi connectivity index (χ4n) is 4.89. The highest BCUT2D eigenvalue weighted by atomic mass is 32.2. The topological polar surface area (TPSA) is 186 Å². The van der Waals surface area contributed by atoms with E-state index >= 15 is 0 Å². The van der Waals surface area contributed by atoms with Crippen molar-refractivity contribution in [3.63, 3.8) is 0 Å². The molecule has 4 amide bonds. The van der Waals surface area contributed by atoms with Crippen LogP contribution in [-0.2, 0) is 33.9 Å². The molecule has 2 aromatic carbocycles. The van der Waals surface area contributed by atoms with E-state index in [-0.39, 0.29) is 31.6 Å². The van der Waals surface area contributed by atoms with Gasteiger partial charge in [0.05, 0.1) is 32.6 Å². The number of ether oxygens (including phenoxy) is 2. The largest absolute Gasteiger partial charge is 0.493 e. The van der Waals surface area contributed by atoms with Crippen molar-refractivity contribution < 1.29 is 33.8 Å². The number of thioether (sulfide) groups is 1. The summed E-state index contributed by atoms with van der Waals surface area (Å²) < 4.78 is 13.0. The number of aryl methyl sites for hydroxylation is 1. The molecule has 1 aromatic heterocycles. The molecule has 47 heavy (non-hydrogen) atoms. The number of carbonyl (C=O) groups is 4. The molecule has 2 heterocycles. The molecule has 3 aromatic rings. The molecule has 252 valence electrons. The number of aromatic nitrogens is 3. The van der Waals surface area contributed by atoms with Crippen LogP contribution in [0.15, 0.2) is 54.7 Å². The van der Waals surface area contributed by atoms with E-state index in [4.69, 9.17) is 9.47 Å². The van der Waals surface area contributed by atoms with Gasteiger partial charge < -0.3 is 35.8 Å². The van der Waals surface area contributed by atoms with E-state index in [0.29, 0.717) is 35.9 Å². The summed E-state index contributed by atoms with van der Waals surface area (Å²) >= 11 is 1.49. The van der Waals surface area contributed by atoms with E-state index < -0.39 is 47.9 Å². The number of hydrogen-bond acceptors (Lipinski definition) is 10. The predicted molar refractivity (Wildman–Crippen MR) is 175 cm³/mol. The van der Waals surface area contributed by atoms with Crippen LogP contribution in [0.5, 0.6) is 11.5 Å². The fraction of sp³-hybridized carbons (Fsp3) is 0.438. The van der Waals surface area contributed by atoms with E-state index in [1.807, 2.05) is 36.6 Å². The molecule has 5 N–H and O–H groups in total. The van der Waals surface area contributed by atoms with Crippen LogP contribution in [-0.4, -0.2) is 93.7 Å². The van der Waals surface area contributed by atoms with Gasteiger partial charge >= 0.3 is 0 Å². The summed E-state index contributed by atoms with van der Waals surface area (Å²) in [6, 6.07) is 10.4. The van der Waals surface area contributed by atoms with Gasteiger partial charge in [-0.25, -0.2) is 0 Å². The van der Waals surface area contributed by atoms with Crippen LogP contribution in [0.3, 0.4) is 0 Å². The van der Waals surface area contributed by atoms with Crippen molar-refractivity contribution in [2.75, 3.05) is 25.7 Å². The number of amides is 4. The summed E-state index contributed by atoms with van der Waals surface area (Å²) in [5, 5.41) is 29.7. The minimum atomic E-state index is -1.42. The summed E-state index contributed by atoms with van der Waals surface area (Å²) in [7, 11) is 1.49. The van der Waals surface area contributed by atoms with Crippen LogP contribution >= 0.6 is 11.8 Å². The monoisotopic (exact) mass is 667 g/mol. The molecule has 15 heteroatoms. The first-order valence-electron chi connectivity index (χ1n) is 15.3. The Hall–Kier alpha value is -4.63. The van der Waals surface area contributed by atoms with Crippen molar-refractivity contribution in [1.82, 2.24) is 36.3 Å². The first-order chi connectivity index (χ1) is 22.7. The molecule has 1 aliphatic rings. The van der Waals surface area contributed by atoms with Crippen molar-refractivity contribution in [3.05, 3.63) is 71.5 Å². The summed E-state index contributed by atoms with van der Waals surface area (Å²) in [5.74, 6) is -1.12. The maximum atomic E-state index is 13.6. The summed E-state index contributed by atoms with van der Waals surface area (Å²) in [6.07, 6.45) is 3.22. The Kier molecular flexibility index (Phi) is 13.0. The summed E-state index contributed by atoms with van der Waals surface area (Å²) in [4.78, 5) is 53.8. The molecule has 0 unspecified atom stereocenters. The molecule has 0 fully saturated rings. The van der Waals surface area contributed by atoms with Crippen molar-refractivity contribution >= 4 is 35.4 Å². The molecule has 0 saturated heterocycles. The molecule has 0 spiro atoms. The Morgan fingerprint density at radius 2 is 1.83 bits per heavy atom. The quantitative estimate of drug-likeness (QED) is 0.242. The van der Waals surface area contributed by atoms with Crippen molar-refractivity contribution in [3.8, 4) is 11.5 Å². The lowest BCUT2D eigenvalue weighted by Crippen LogP contribution is -2.60. The zero-order chi connectivity index (χ0) is 33.8. The van der Waals surface area contributed by atoms with Crippen LogP contribution < -0.4 is 30.7 Å². The molecule has 0 radical (unpaired) electrons. The number of aliphatic hydroxyl groups excluding tert-OH is 1. The number of hydrogen-bond donors (Lipinski definition) is 5. The maximum absolute atomic E-state index is 13.6. The second-order valence-corrected chi connectivity index (χ2v) is 12.0. The molecular formula is C32H41N7O7S. The van der Waals surface area contributed by atoms with Crippen LogP contribution in [0.1, 0.15) is 41.4 Å². The average molecular weight is 668 g/mol. The smallest absolute Gasteiger partial charge is 0.252 e. The maximum Gasteiger partial charge on any atom is 0.252 e. The number of nitrogens with one attached hydrogen (secondary N) is 4. The van der Waals surface area contributed by atoms with Gasteiger partial charge in [-0.2, -0.15) is 11.8 Å². The molecular weight excluding hydrogens is 626 g/mol. The zero-order valence-corrected chi connectivity index (χ0v) is 27.4. The van der Waals surface area contributed by atoms with Gasteiger partial charge in [-0.15, -0.1) is 5.10 Å². The van der Waals surface area contributed by atoms with Gasteiger partial charge in [0, 0.05) is 24.9 Å². The number of fused-ring (bicyclic) bond motifs is 4. The standard InChI is InChI=1S/C32H41N7O7S/c1-20(40)28-32(44)35-25(16-21-8-5-4-6-9-21)30(42)33-18-23-19-39(38-37-23)13-7-14-46-27-17-22(10-11-26(27)45-2)29(41)34-24(12-15-47-3)31(43)36-28/h4-6,8-11,17,19-20,24-25,28,40H,7,12-16,18H2,1-3H3,(H,33,42)(H,34,41)(H,35,44)(H,36,43)/t20-,24+,25-,28+/m1/s1. The number of rotatable bonds is 7. The van der Waals surface area contributed by atoms with Crippen LogP contribution in [0.25, 0.3) is 0 Å². The van der Waals surface area contributed by atoms with Gasteiger partial charge in [0.25, 0.3) is 5.91 Å². The van der Waals surface area contributed by atoms with Crippen molar-refractivity contribution in [2.45, 2.75) is 63.5 Å². The minimum Gasteiger partial charge on any atom is -0.493 e. The highest BCUT2D eigenvalue weighted by Gasteiger charge is 2.32. The van der Waals surface area contributed by atoms with E-state index in [2.05, 4.69) is 31.6 Å². The highest BCUT2D eigenvalue weighted by molar-refractivity contribution is 7.98. The second-order valence-electron chi connectivity index (χ2n) is 11.0. The van der Waals surface area contributed by atoms with E-state index in [0.717, 1.165) is 5.56 Å². The van der Waals surface area contributed by atoms with Crippen LogP contribution in [0, 0.1) is 0 Å². The third kappa shape index (κ3) is 10.2. The molecule has 4 rings (SSSR count). The van der Waals surface area contributed by atoms with Gasteiger partial charge in [0.15, 0.2) is 11.5 Å². The number of benzene rings is 2. The van der Waals surface area contributed by atoms with E-state index in [1.54, 1.807) is 29.1 Å². The Labute approximate surface area is 277 Å². The van der Waals surface area contributed by atoms with Gasteiger partial charge in [0.2, 0.25) is 17.7 Å². The van der Waals surface area contributed by atoms with E-state index in [1.165, 1.54) is 25.8 Å². The lowest BCUT2D eigenvalue weighted by atomic mass is 10.0. The van der Waals surface area contributed by atoms with Crippen LogP contribution in [0.2, 0.25) is 0 Å². The highest BCUT2D eigenvalue weighted by Crippen LogP contribution is 2.28. The Bertz CT molecular complexity index is 1520. The lowest BCUT2D eigenvalue weighted by Gasteiger charge is -2.27. The lowest BCUT2D eigenvalue weighted by molar-refractivity contribution is -0.134. The number of methoxy groups -OCH3 is 1. The molecule has 4 bridgehead atoms. The van der Waals surface area contributed by atoms with E-state index in [9.17, 15) is 24.3 Å². The molecule has 0 aliphatic carbocycles. The predicted octanol–water partition coefficient (Wildman–Crippen LogP) is 0.830. The van der Waals surface area contributed by atoms with Gasteiger partial charge in [-0.05, 0) is 49.1 Å². The van der Waals surface area contributed by atoms with Gasteiger partial charge in [-0.1, -0.05) is 35.5 Å². The normalized spacial score (nSPS) is 20.6. The third-order valence-electron chi connectivity index (χ3n) is 7.46.